The third kappa shape index (κ3) is 4.19. The third-order valence-electron chi connectivity index (χ3n) is 2.55. The van der Waals surface area contributed by atoms with E-state index in [1.807, 2.05) is 6.07 Å². The Labute approximate surface area is 113 Å². The average molecular weight is 269 g/mol. The summed E-state index contributed by atoms with van der Waals surface area (Å²) >= 11 is 5.89. The number of ether oxygens (including phenoxy) is 2. The minimum absolute atomic E-state index is 0.564. The van der Waals surface area contributed by atoms with Crippen LogP contribution in [0.15, 0.2) is 18.2 Å². The first-order chi connectivity index (χ1) is 8.72. The van der Waals surface area contributed by atoms with Crippen LogP contribution in [-0.4, -0.2) is 40.5 Å². The number of anilines is 1. The van der Waals surface area contributed by atoms with Crippen molar-refractivity contribution in [1.29, 1.82) is 5.26 Å². The zero-order valence-corrected chi connectivity index (χ0v) is 11.4. The molecule has 0 aliphatic rings. The second kappa shape index (κ2) is 7.93. The molecule has 0 aromatic heterocycles. The molecule has 0 unspecified atom stereocenters. The van der Waals surface area contributed by atoms with Gasteiger partial charge in [-0.2, -0.15) is 5.26 Å². The number of nitrogens with zero attached hydrogens (tertiary/aromatic N) is 2. The summed E-state index contributed by atoms with van der Waals surface area (Å²) < 4.78 is 10.2. The molecule has 0 fully saturated rings. The molecular weight excluding hydrogens is 252 g/mol. The molecule has 0 saturated heterocycles. The van der Waals surface area contributed by atoms with E-state index in [4.69, 9.17) is 26.3 Å². The van der Waals surface area contributed by atoms with Crippen LogP contribution in [0, 0.1) is 11.3 Å². The maximum atomic E-state index is 9.14. The van der Waals surface area contributed by atoms with Crippen molar-refractivity contribution in [3.8, 4) is 6.07 Å². The van der Waals surface area contributed by atoms with E-state index in [9.17, 15) is 0 Å². The van der Waals surface area contributed by atoms with Crippen LogP contribution in [0.25, 0.3) is 0 Å². The maximum Gasteiger partial charge on any atom is 0.101 e. The minimum atomic E-state index is 0.564. The van der Waals surface area contributed by atoms with E-state index < -0.39 is 0 Å². The summed E-state index contributed by atoms with van der Waals surface area (Å²) in [7, 11) is 3.31. The zero-order chi connectivity index (χ0) is 13.4. The molecule has 18 heavy (non-hydrogen) atoms. The van der Waals surface area contributed by atoms with Gasteiger partial charge < -0.3 is 14.4 Å². The SMILES string of the molecule is COCCN(CCOC)c1ccc(Cl)cc1C#N. The van der Waals surface area contributed by atoms with E-state index in [-0.39, 0.29) is 0 Å². The van der Waals surface area contributed by atoms with E-state index >= 15 is 0 Å². The highest BCUT2D eigenvalue weighted by Gasteiger charge is 2.11. The molecule has 0 N–H and O–H groups in total. The molecule has 0 aliphatic carbocycles. The van der Waals surface area contributed by atoms with Gasteiger partial charge in [0, 0.05) is 32.3 Å². The fourth-order valence-electron chi connectivity index (χ4n) is 1.63. The molecule has 0 atom stereocenters. The summed E-state index contributed by atoms with van der Waals surface area (Å²) in [6.07, 6.45) is 0. The van der Waals surface area contributed by atoms with Crippen molar-refractivity contribution in [1.82, 2.24) is 0 Å². The smallest absolute Gasteiger partial charge is 0.101 e. The highest BCUT2D eigenvalue weighted by molar-refractivity contribution is 6.30. The number of hydrogen-bond donors (Lipinski definition) is 0. The van der Waals surface area contributed by atoms with E-state index in [2.05, 4.69) is 11.0 Å². The largest absolute Gasteiger partial charge is 0.383 e. The van der Waals surface area contributed by atoms with Crippen molar-refractivity contribution in [2.75, 3.05) is 45.4 Å². The molecular formula is C13H17ClN2O2. The maximum absolute atomic E-state index is 9.14. The number of nitriles is 1. The van der Waals surface area contributed by atoms with Crippen LogP contribution in [0.5, 0.6) is 0 Å². The Kier molecular flexibility index (Phi) is 6.51. The van der Waals surface area contributed by atoms with Crippen molar-refractivity contribution < 1.29 is 9.47 Å². The van der Waals surface area contributed by atoms with E-state index in [0.29, 0.717) is 36.9 Å². The molecule has 0 saturated carbocycles. The van der Waals surface area contributed by atoms with Crippen molar-refractivity contribution in [3.05, 3.63) is 28.8 Å². The van der Waals surface area contributed by atoms with Gasteiger partial charge in [-0.1, -0.05) is 11.6 Å². The Morgan fingerprint density at radius 3 is 2.33 bits per heavy atom. The van der Waals surface area contributed by atoms with Crippen molar-refractivity contribution in [2.24, 2.45) is 0 Å². The van der Waals surface area contributed by atoms with Gasteiger partial charge in [0.15, 0.2) is 0 Å². The summed E-state index contributed by atoms with van der Waals surface area (Å²) in [5.74, 6) is 0. The van der Waals surface area contributed by atoms with E-state index in [1.165, 1.54) is 0 Å². The lowest BCUT2D eigenvalue weighted by molar-refractivity contribution is 0.190. The van der Waals surface area contributed by atoms with Crippen LogP contribution in [-0.2, 0) is 9.47 Å². The van der Waals surface area contributed by atoms with Gasteiger partial charge in [0.1, 0.15) is 6.07 Å². The predicted molar refractivity (Wildman–Crippen MR) is 72.1 cm³/mol. The molecule has 0 amide bonds. The van der Waals surface area contributed by atoms with Crippen LogP contribution < -0.4 is 4.90 Å². The van der Waals surface area contributed by atoms with Gasteiger partial charge in [0.25, 0.3) is 0 Å². The van der Waals surface area contributed by atoms with Gasteiger partial charge in [0.2, 0.25) is 0 Å². The zero-order valence-electron chi connectivity index (χ0n) is 10.6. The molecule has 1 aromatic carbocycles. The van der Waals surface area contributed by atoms with Crippen LogP contribution in [0.2, 0.25) is 5.02 Å². The summed E-state index contributed by atoms with van der Waals surface area (Å²) in [4.78, 5) is 2.06. The number of halogens is 1. The second-order valence-electron chi connectivity index (χ2n) is 3.75. The topological polar surface area (TPSA) is 45.5 Å². The van der Waals surface area contributed by atoms with Gasteiger partial charge in [0.05, 0.1) is 24.5 Å². The number of rotatable bonds is 7. The number of benzene rings is 1. The van der Waals surface area contributed by atoms with E-state index in [0.717, 1.165) is 5.69 Å². The molecule has 0 bridgehead atoms. The highest BCUT2D eigenvalue weighted by atomic mass is 35.5. The first-order valence-corrected chi connectivity index (χ1v) is 6.03. The van der Waals surface area contributed by atoms with Gasteiger partial charge >= 0.3 is 0 Å². The molecule has 4 nitrogen and oxygen atoms in total. The van der Waals surface area contributed by atoms with Gasteiger partial charge in [-0.25, -0.2) is 0 Å². The standard InChI is InChI=1S/C13H17ClN2O2/c1-17-7-5-16(6-8-18-2)13-4-3-12(14)9-11(13)10-15/h3-4,9H,5-8H2,1-2H3. The number of hydrogen-bond acceptors (Lipinski definition) is 4. The molecule has 5 heteroatoms. The quantitative estimate of drug-likeness (QED) is 0.761. The van der Waals surface area contributed by atoms with Crippen LogP contribution >= 0.6 is 11.6 Å². The van der Waals surface area contributed by atoms with Gasteiger partial charge in [-0.05, 0) is 18.2 Å². The van der Waals surface area contributed by atoms with Gasteiger partial charge in [-0.15, -0.1) is 0 Å². The first-order valence-electron chi connectivity index (χ1n) is 5.65. The Morgan fingerprint density at radius 1 is 1.22 bits per heavy atom. The third-order valence-corrected chi connectivity index (χ3v) is 2.79. The summed E-state index contributed by atoms with van der Waals surface area (Å²) in [5, 5.41) is 9.71. The Bertz CT molecular complexity index is 410. The Balaban J connectivity index is 2.92. The van der Waals surface area contributed by atoms with Crippen LogP contribution in [0.4, 0.5) is 5.69 Å². The molecule has 0 spiro atoms. The lowest BCUT2D eigenvalue weighted by atomic mass is 10.1. The Hall–Kier alpha value is -1.28. The molecule has 1 aromatic rings. The molecule has 0 radical (unpaired) electrons. The van der Waals surface area contributed by atoms with Crippen molar-refractivity contribution >= 4 is 17.3 Å². The predicted octanol–water partition coefficient (Wildman–Crippen LogP) is 2.31. The summed E-state index contributed by atoms with van der Waals surface area (Å²) in [6.45, 7) is 2.60. The first kappa shape index (κ1) is 14.8. The average Bonchev–Trinajstić information content (AvgIpc) is 2.39. The van der Waals surface area contributed by atoms with Crippen LogP contribution in [0.3, 0.4) is 0 Å². The fraction of sp³-hybridized carbons (Fsp3) is 0.462. The van der Waals surface area contributed by atoms with Gasteiger partial charge in [-0.3, -0.25) is 0 Å². The summed E-state index contributed by atoms with van der Waals surface area (Å²) in [5.41, 5.74) is 1.42. The lowest BCUT2D eigenvalue weighted by Gasteiger charge is -2.25. The normalized spacial score (nSPS) is 10.1. The second-order valence-corrected chi connectivity index (χ2v) is 4.18. The fourth-order valence-corrected chi connectivity index (χ4v) is 1.80. The van der Waals surface area contributed by atoms with E-state index in [1.54, 1.807) is 26.4 Å². The minimum Gasteiger partial charge on any atom is -0.383 e. The Morgan fingerprint density at radius 2 is 1.83 bits per heavy atom. The molecule has 98 valence electrons. The molecule has 1 rings (SSSR count). The van der Waals surface area contributed by atoms with Crippen molar-refractivity contribution in [3.63, 3.8) is 0 Å². The van der Waals surface area contributed by atoms with Crippen molar-refractivity contribution in [2.45, 2.75) is 0 Å². The lowest BCUT2D eigenvalue weighted by Crippen LogP contribution is -2.31. The highest BCUT2D eigenvalue weighted by Crippen LogP contribution is 2.23. The van der Waals surface area contributed by atoms with Crippen LogP contribution in [0.1, 0.15) is 5.56 Å². The molecule has 0 heterocycles. The summed E-state index contributed by atoms with van der Waals surface area (Å²) in [6, 6.07) is 7.47. The number of methoxy groups -OCH3 is 2. The molecule has 0 aliphatic heterocycles. The monoisotopic (exact) mass is 268 g/mol.